The summed E-state index contributed by atoms with van der Waals surface area (Å²) in [6.07, 6.45) is 2.42. The molecule has 0 saturated heterocycles. The van der Waals surface area contributed by atoms with Gasteiger partial charge < -0.3 is 5.11 Å². The summed E-state index contributed by atoms with van der Waals surface area (Å²) in [5.41, 5.74) is 2.58. The predicted molar refractivity (Wildman–Crippen MR) is 52.3 cm³/mol. The number of aromatic hydroxyl groups is 1. The second-order valence-electron chi connectivity index (χ2n) is 3.00. The smallest absolute Gasteiger partial charge is 0.150 e. The lowest BCUT2D eigenvalue weighted by Gasteiger charge is -2.07. The predicted octanol–water partition coefficient (Wildman–Crippen LogP) is 2.33. The molecule has 0 radical (unpaired) electrons. The lowest BCUT2D eigenvalue weighted by Crippen LogP contribution is -1.97. The van der Waals surface area contributed by atoms with Gasteiger partial charge in [0.1, 0.15) is 5.75 Å². The van der Waals surface area contributed by atoms with Crippen LogP contribution in [-0.2, 0) is 12.8 Å². The van der Waals surface area contributed by atoms with Crippen LogP contribution in [0.2, 0.25) is 0 Å². The number of carbonyl (C=O) groups is 1. The first-order valence-corrected chi connectivity index (χ1v) is 4.52. The molecule has 1 aromatic rings. The molecule has 0 fully saturated rings. The largest absolute Gasteiger partial charge is 0.508 e. The fourth-order valence-corrected chi connectivity index (χ4v) is 1.50. The van der Waals surface area contributed by atoms with Gasteiger partial charge in [-0.1, -0.05) is 13.8 Å². The molecule has 70 valence electrons. The molecular weight excluding hydrogens is 164 g/mol. The highest BCUT2D eigenvalue weighted by Crippen LogP contribution is 2.21. The SMILES string of the molecule is CCc1cc(O)cc(CC)c1C=O. The molecule has 0 aromatic heterocycles. The Morgan fingerprint density at radius 1 is 1.23 bits per heavy atom. The van der Waals surface area contributed by atoms with Gasteiger partial charge in [0.2, 0.25) is 0 Å². The molecule has 0 atom stereocenters. The van der Waals surface area contributed by atoms with Gasteiger partial charge in [-0.2, -0.15) is 0 Å². The fraction of sp³-hybridized carbons (Fsp3) is 0.364. The van der Waals surface area contributed by atoms with Crippen molar-refractivity contribution in [1.29, 1.82) is 0 Å². The lowest BCUT2D eigenvalue weighted by atomic mass is 9.98. The molecular formula is C11H14O2. The fourth-order valence-electron chi connectivity index (χ4n) is 1.50. The van der Waals surface area contributed by atoms with Crippen molar-refractivity contribution in [3.05, 3.63) is 28.8 Å². The summed E-state index contributed by atoms with van der Waals surface area (Å²) in [6, 6.07) is 3.31. The molecule has 1 aromatic carbocycles. The summed E-state index contributed by atoms with van der Waals surface area (Å²) >= 11 is 0. The maximum absolute atomic E-state index is 10.8. The third-order valence-corrected chi connectivity index (χ3v) is 2.22. The van der Waals surface area contributed by atoms with Crippen LogP contribution in [0.1, 0.15) is 35.3 Å². The highest BCUT2D eigenvalue weighted by atomic mass is 16.3. The van der Waals surface area contributed by atoms with Gasteiger partial charge in [-0.3, -0.25) is 4.79 Å². The van der Waals surface area contributed by atoms with E-state index in [1.165, 1.54) is 0 Å². The van der Waals surface area contributed by atoms with Crippen LogP contribution >= 0.6 is 0 Å². The Bertz CT molecular complexity index is 291. The van der Waals surface area contributed by atoms with E-state index in [2.05, 4.69) is 0 Å². The average molecular weight is 178 g/mol. The molecule has 0 aliphatic rings. The molecule has 0 amide bonds. The van der Waals surface area contributed by atoms with Crippen molar-refractivity contribution in [3.8, 4) is 5.75 Å². The van der Waals surface area contributed by atoms with E-state index in [9.17, 15) is 9.90 Å². The van der Waals surface area contributed by atoms with Crippen LogP contribution in [0.15, 0.2) is 12.1 Å². The topological polar surface area (TPSA) is 37.3 Å². The minimum Gasteiger partial charge on any atom is -0.508 e. The summed E-state index contributed by atoms with van der Waals surface area (Å²) in [6.45, 7) is 3.95. The number of rotatable bonds is 3. The monoisotopic (exact) mass is 178 g/mol. The van der Waals surface area contributed by atoms with Gasteiger partial charge in [-0.25, -0.2) is 0 Å². The maximum Gasteiger partial charge on any atom is 0.150 e. The second-order valence-corrected chi connectivity index (χ2v) is 3.00. The molecule has 0 aliphatic carbocycles. The summed E-state index contributed by atoms with van der Waals surface area (Å²) < 4.78 is 0. The van der Waals surface area contributed by atoms with Gasteiger partial charge in [-0.05, 0) is 36.1 Å². The van der Waals surface area contributed by atoms with Crippen LogP contribution in [0.5, 0.6) is 5.75 Å². The van der Waals surface area contributed by atoms with Crippen molar-refractivity contribution in [3.63, 3.8) is 0 Å². The summed E-state index contributed by atoms with van der Waals surface area (Å²) in [5.74, 6) is 0.249. The molecule has 2 heteroatoms. The van der Waals surface area contributed by atoms with Gasteiger partial charge >= 0.3 is 0 Å². The van der Waals surface area contributed by atoms with Crippen LogP contribution in [0.3, 0.4) is 0 Å². The highest BCUT2D eigenvalue weighted by Gasteiger charge is 2.06. The quantitative estimate of drug-likeness (QED) is 0.721. The number of hydrogen-bond acceptors (Lipinski definition) is 2. The van der Waals surface area contributed by atoms with Gasteiger partial charge in [0, 0.05) is 5.56 Å². The zero-order chi connectivity index (χ0) is 9.84. The zero-order valence-corrected chi connectivity index (χ0v) is 8.00. The van der Waals surface area contributed by atoms with E-state index >= 15 is 0 Å². The standard InChI is InChI=1S/C11H14O2/c1-3-8-5-10(13)6-9(4-2)11(8)7-12/h5-7,13H,3-4H2,1-2H3. The van der Waals surface area contributed by atoms with Gasteiger partial charge in [0.15, 0.2) is 6.29 Å². The van der Waals surface area contributed by atoms with E-state index in [4.69, 9.17) is 0 Å². The Labute approximate surface area is 78.2 Å². The molecule has 1 rings (SSSR count). The van der Waals surface area contributed by atoms with Crippen molar-refractivity contribution in [2.45, 2.75) is 26.7 Å². The number of phenolic OH excluding ortho intramolecular Hbond substituents is 1. The molecule has 2 nitrogen and oxygen atoms in total. The first-order chi connectivity index (χ1) is 6.22. The van der Waals surface area contributed by atoms with Gasteiger partial charge in [0.25, 0.3) is 0 Å². The van der Waals surface area contributed by atoms with Crippen LogP contribution < -0.4 is 0 Å². The van der Waals surface area contributed by atoms with E-state index in [0.717, 1.165) is 35.8 Å². The Morgan fingerprint density at radius 2 is 1.69 bits per heavy atom. The number of aryl methyl sites for hydroxylation is 2. The van der Waals surface area contributed by atoms with Crippen LogP contribution in [0.4, 0.5) is 0 Å². The number of phenols is 1. The molecule has 0 bridgehead atoms. The first kappa shape index (κ1) is 9.78. The molecule has 0 unspecified atom stereocenters. The Morgan fingerprint density at radius 3 is 2.00 bits per heavy atom. The van der Waals surface area contributed by atoms with E-state index in [-0.39, 0.29) is 5.75 Å². The summed E-state index contributed by atoms with van der Waals surface area (Å²) in [4.78, 5) is 10.8. The Balaban J connectivity index is 3.33. The summed E-state index contributed by atoms with van der Waals surface area (Å²) in [7, 11) is 0. The maximum atomic E-state index is 10.8. The highest BCUT2D eigenvalue weighted by molar-refractivity contribution is 5.80. The van der Waals surface area contributed by atoms with E-state index in [1.807, 2.05) is 13.8 Å². The van der Waals surface area contributed by atoms with E-state index < -0.39 is 0 Å². The minimum atomic E-state index is 0.249. The minimum absolute atomic E-state index is 0.249. The number of benzene rings is 1. The number of carbonyl (C=O) groups excluding carboxylic acids is 1. The Hall–Kier alpha value is -1.31. The number of aldehydes is 1. The Kier molecular flexibility index (Phi) is 3.07. The van der Waals surface area contributed by atoms with E-state index in [0.29, 0.717) is 0 Å². The van der Waals surface area contributed by atoms with Crippen molar-refractivity contribution in [1.82, 2.24) is 0 Å². The molecule has 1 N–H and O–H groups in total. The summed E-state index contributed by atoms with van der Waals surface area (Å²) in [5, 5.41) is 9.36. The van der Waals surface area contributed by atoms with E-state index in [1.54, 1.807) is 12.1 Å². The normalized spacial score (nSPS) is 10.0. The van der Waals surface area contributed by atoms with Crippen molar-refractivity contribution in [2.24, 2.45) is 0 Å². The lowest BCUT2D eigenvalue weighted by molar-refractivity contribution is 0.112. The van der Waals surface area contributed by atoms with Crippen LogP contribution in [0, 0.1) is 0 Å². The van der Waals surface area contributed by atoms with Crippen molar-refractivity contribution < 1.29 is 9.90 Å². The van der Waals surface area contributed by atoms with Crippen molar-refractivity contribution >= 4 is 6.29 Å². The molecule has 13 heavy (non-hydrogen) atoms. The van der Waals surface area contributed by atoms with Gasteiger partial charge in [0.05, 0.1) is 0 Å². The third kappa shape index (κ3) is 1.89. The first-order valence-electron chi connectivity index (χ1n) is 4.52. The van der Waals surface area contributed by atoms with Gasteiger partial charge in [-0.15, -0.1) is 0 Å². The van der Waals surface area contributed by atoms with Crippen molar-refractivity contribution in [2.75, 3.05) is 0 Å². The molecule has 0 saturated carbocycles. The molecule has 0 spiro atoms. The van der Waals surface area contributed by atoms with Crippen LogP contribution in [0.25, 0.3) is 0 Å². The molecule has 0 heterocycles. The third-order valence-electron chi connectivity index (χ3n) is 2.22. The second kappa shape index (κ2) is 4.08. The molecule has 0 aliphatic heterocycles. The number of hydrogen-bond donors (Lipinski definition) is 1. The average Bonchev–Trinajstić information content (AvgIpc) is 2.16. The zero-order valence-electron chi connectivity index (χ0n) is 8.00. The van der Waals surface area contributed by atoms with Crippen LogP contribution in [-0.4, -0.2) is 11.4 Å².